The number of hydrogen-bond donors (Lipinski definition) is 0. The lowest BCUT2D eigenvalue weighted by atomic mass is 9.93. The molecule has 2 unspecified atom stereocenters. The van der Waals surface area contributed by atoms with E-state index in [2.05, 4.69) is 30.0 Å². The van der Waals surface area contributed by atoms with Crippen LogP contribution in [0.3, 0.4) is 0 Å². The molecule has 7 heteroatoms. The second kappa shape index (κ2) is 10.9. The number of likely N-dealkylation sites (N-methyl/N-ethyl adjacent to an activating group) is 1. The van der Waals surface area contributed by atoms with Crippen molar-refractivity contribution in [2.24, 2.45) is 7.05 Å². The first kappa shape index (κ1) is 25.4. The summed E-state index contributed by atoms with van der Waals surface area (Å²) in [5.74, 6) is 0.317. The molecule has 4 rings (SSSR count). The van der Waals surface area contributed by atoms with Gasteiger partial charge in [0.2, 0.25) is 11.8 Å². The number of carbonyl (C=O) groups excluding carboxylic acids is 2. The predicted octanol–water partition coefficient (Wildman–Crippen LogP) is 4.00. The Morgan fingerprint density at radius 2 is 1.77 bits per heavy atom. The number of amides is 2. The van der Waals surface area contributed by atoms with E-state index in [1.54, 1.807) is 0 Å². The molecule has 0 N–H and O–H groups in total. The van der Waals surface area contributed by atoms with Crippen molar-refractivity contribution in [2.45, 2.75) is 84.3 Å². The van der Waals surface area contributed by atoms with Crippen LogP contribution in [-0.2, 0) is 29.6 Å². The van der Waals surface area contributed by atoms with E-state index in [1.807, 2.05) is 53.6 Å². The summed E-state index contributed by atoms with van der Waals surface area (Å²) in [5.41, 5.74) is 5.31. The fourth-order valence-corrected chi connectivity index (χ4v) is 5.90. The maximum absolute atomic E-state index is 13.7. The Hall–Kier alpha value is -2.67. The van der Waals surface area contributed by atoms with E-state index in [9.17, 15) is 9.59 Å². The van der Waals surface area contributed by atoms with E-state index >= 15 is 0 Å². The molecule has 0 spiro atoms. The Kier molecular flexibility index (Phi) is 7.95. The standard InChI is InChI=1S/C28H41N5O2/c1-6-27(34)33-17-16-23-11-9-12-24(30(23)4)19-32(18-22-10-7-8-13-26(22)33)28(35)15-14-25-20(2)29-31(5)21(25)3/h7-8,10,13,23-24H,6,9,11-12,14-19H2,1-5H3. The lowest BCUT2D eigenvalue weighted by molar-refractivity contribution is -0.133. The van der Waals surface area contributed by atoms with Crippen LogP contribution in [0.2, 0.25) is 0 Å². The molecule has 2 bridgehead atoms. The molecule has 2 aromatic rings. The van der Waals surface area contributed by atoms with Gasteiger partial charge in [0.25, 0.3) is 0 Å². The number of piperidine rings is 1. The second-order valence-electron chi connectivity index (χ2n) is 10.3. The molecular formula is C28H41N5O2. The normalized spacial score (nSPS) is 21.4. The summed E-state index contributed by atoms with van der Waals surface area (Å²) in [4.78, 5) is 33.2. The Morgan fingerprint density at radius 1 is 1.03 bits per heavy atom. The minimum absolute atomic E-state index is 0.145. The number of rotatable bonds is 4. The molecule has 1 fully saturated rings. The zero-order valence-corrected chi connectivity index (χ0v) is 22.1. The molecule has 7 nitrogen and oxygen atoms in total. The summed E-state index contributed by atoms with van der Waals surface area (Å²) >= 11 is 0. The van der Waals surface area contributed by atoms with Crippen molar-refractivity contribution in [1.82, 2.24) is 19.6 Å². The van der Waals surface area contributed by atoms with Gasteiger partial charge in [-0.1, -0.05) is 31.5 Å². The number of aromatic nitrogens is 2. The quantitative estimate of drug-likeness (QED) is 0.665. The van der Waals surface area contributed by atoms with Gasteiger partial charge >= 0.3 is 0 Å². The smallest absolute Gasteiger partial charge is 0.226 e. The van der Waals surface area contributed by atoms with Gasteiger partial charge in [0.05, 0.1) is 5.69 Å². The first-order valence-corrected chi connectivity index (χ1v) is 13.2. The molecule has 1 saturated heterocycles. The summed E-state index contributed by atoms with van der Waals surface area (Å²) in [6.07, 6.45) is 6.03. The van der Waals surface area contributed by atoms with E-state index in [0.717, 1.165) is 55.0 Å². The summed E-state index contributed by atoms with van der Waals surface area (Å²) < 4.78 is 1.90. The van der Waals surface area contributed by atoms with Crippen LogP contribution in [0.1, 0.15) is 68.0 Å². The molecule has 0 radical (unpaired) electrons. The average molecular weight is 480 g/mol. The van der Waals surface area contributed by atoms with Crippen molar-refractivity contribution in [2.75, 3.05) is 25.0 Å². The minimum atomic E-state index is 0.145. The number of aryl methyl sites for hydroxylation is 2. The molecule has 190 valence electrons. The van der Waals surface area contributed by atoms with Gasteiger partial charge in [-0.3, -0.25) is 19.2 Å². The largest absolute Gasteiger partial charge is 0.337 e. The van der Waals surface area contributed by atoms with Crippen molar-refractivity contribution in [3.8, 4) is 0 Å². The van der Waals surface area contributed by atoms with Crippen molar-refractivity contribution in [1.29, 1.82) is 0 Å². The lowest BCUT2D eigenvalue weighted by Gasteiger charge is -2.42. The Balaban J connectivity index is 1.64. The van der Waals surface area contributed by atoms with Crippen molar-refractivity contribution in [3.05, 3.63) is 46.8 Å². The first-order chi connectivity index (χ1) is 16.8. The monoisotopic (exact) mass is 479 g/mol. The molecule has 0 aliphatic carbocycles. The highest BCUT2D eigenvalue weighted by Crippen LogP contribution is 2.30. The summed E-state index contributed by atoms with van der Waals surface area (Å²) in [6.45, 7) is 8.00. The van der Waals surface area contributed by atoms with Crippen molar-refractivity contribution in [3.63, 3.8) is 0 Å². The van der Waals surface area contributed by atoms with Gasteiger partial charge in [-0.2, -0.15) is 5.10 Å². The zero-order chi connectivity index (χ0) is 25.1. The predicted molar refractivity (Wildman–Crippen MR) is 139 cm³/mol. The van der Waals surface area contributed by atoms with Crippen LogP contribution in [0, 0.1) is 13.8 Å². The number of hydrogen-bond acceptors (Lipinski definition) is 4. The molecule has 0 saturated carbocycles. The van der Waals surface area contributed by atoms with E-state index in [1.165, 1.54) is 12.0 Å². The van der Waals surface area contributed by atoms with Crippen LogP contribution in [0.25, 0.3) is 0 Å². The van der Waals surface area contributed by atoms with E-state index in [4.69, 9.17) is 0 Å². The number of anilines is 1. The first-order valence-electron chi connectivity index (χ1n) is 13.2. The highest BCUT2D eigenvalue weighted by Gasteiger charge is 2.32. The number of nitrogens with zero attached hydrogens (tertiary/aromatic N) is 5. The molecule has 1 aromatic carbocycles. The van der Waals surface area contributed by atoms with Crippen LogP contribution in [-0.4, -0.2) is 63.6 Å². The SMILES string of the molecule is CCC(=O)N1CCC2CCCC(CN(C(=O)CCc3c(C)nn(C)c3C)Cc3ccccc31)N2C. The molecular weight excluding hydrogens is 438 g/mol. The zero-order valence-electron chi connectivity index (χ0n) is 22.1. The molecule has 2 aliphatic rings. The maximum Gasteiger partial charge on any atom is 0.226 e. The maximum atomic E-state index is 13.7. The van der Waals surface area contributed by atoms with Gasteiger partial charge in [0.1, 0.15) is 0 Å². The topological polar surface area (TPSA) is 61.7 Å². The van der Waals surface area contributed by atoms with E-state index in [0.29, 0.717) is 37.9 Å². The molecule has 1 aromatic heterocycles. The number of para-hydroxylation sites is 1. The van der Waals surface area contributed by atoms with Crippen LogP contribution in [0.15, 0.2) is 24.3 Å². The molecule has 2 aliphatic heterocycles. The molecule has 3 heterocycles. The fraction of sp³-hybridized carbons (Fsp3) is 0.607. The Morgan fingerprint density at radius 3 is 2.49 bits per heavy atom. The van der Waals surface area contributed by atoms with Crippen LogP contribution in [0.4, 0.5) is 5.69 Å². The van der Waals surface area contributed by atoms with Gasteiger partial charge in [0.15, 0.2) is 0 Å². The highest BCUT2D eigenvalue weighted by molar-refractivity contribution is 5.94. The average Bonchev–Trinajstić information content (AvgIpc) is 3.09. The van der Waals surface area contributed by atoms with Gasteiger partial charge < -0.3 is 9.80 Å². The summed E-state index contributed by atoms with van der Waals surface area (Å²) in [5, 5.41) is 4.52. The summed E-state index contributed by atoms with van der Waals surface area (Å²) in [7, 11) is 4.16. The van der Waals surface area contributed by atoms with Gasteiger partial charge in [-0.05, 0) is 63.8 Å². The minimum Gasteiger partial charge on any atom is -0.337 e. The van der Waals surface area contributed by atoms with E-state index in [-0.39, 0.29) is 11.8 Å². The highest BCUT2D eigenvalue weighted by atomic mass is 16.2. The van der Waals surface area contributed by atoms with Crippen LogP contribution < -0.4 is 4.90 Å². The van der Waals surface area contributed by atoms with E-state index < -0.39 is 0 Å². The fourth-order valence-electron chi connectivity index (χ4n) is 5.90. The third-order valence-electron chi connectivity index (χ3n) is 8.19. The molecule has 2 atom stereocenters. The van der Waals surface area contributed by atoms with Crippen LogP contribution >= 0.6 is 0 Å². The second-order valence-corrected chi connectivity index (χ2v) is 10.3. The van der Waals surface area contributed by atoms with Crippen molar-refractivity contribution >= 4 is 17.5 Å². The number of benzene rings is 1. The van der Waals surface area contributed by atoms with Crippen molar-refractivity contribution < 1.29 is 9.59 Å². The lowest BCUT2D eigenvalue weighted by Crippen LogP contribution is -2.50. The van der Waals surface area contributed by atoms with Gasteiger partial charge in [-0.25, -0.2) is 0 Å². The van der Waals surface area contributed by atoms with Crippen LogP contribution in [0.5, 0.6) is 0 Å². The Labute approximate surface area is 210 Å². The Bertz CT molecular complexity index is 1060. The molecule has 2 amide bonds. The number of fused-ring (bicyclic) bond motifs is 3. The van der Waals surface area contributed by atoms with Gasteiger partial charge in [0, 0.05) is 63.0 Å². The third kappa shape index (κ3) is 5.45. The van der Waals surface area contributed by atoms with Gasteiger partial charge in [-0.15, -0.1) is 0 Å². The third-order valence-corrected chi connectivity index (χ3v) is 8.19. The summed E-state index contributed by atoms with van der Waals surface area (Å²) in [6, 6.07) is 8.92. The molecule has 35 heavy (non-hydrogen) atoms. The number of carbonyl (C=O) groups is 2.